The number of hydrogen-bond acceptors (Lipinski definition) is 16. The molecular weight excluding hydrogens is 859 g/mol. The Balaban J connectivity index is 1.42. The molecule has 2 aromatic carbocycles. The number of Topliss-reactive ketones (excluding diaryl/α,β-unsaturated/α-hetero) is 1. The van der Waals surface area contributed by atoms with Crippen LogP contribution < -0.4 is 0 Å². The fraction of sp³-hybridized carbons (Fsp3) is 0.592. The largest absolute Gasteiger partial charge is 0.455 e. The third-order valence-corrected chi connectivity index (χ3v) is 14.5. The van der Waals surface area contributed by atoms with Gasteiger partial charge in [-0.2, -0.15) is 0 Å². The highest BCUT2D eigenvalue weighted by molar-refractivity contribution is 5.94. The number of ketones is 1. The fourth-order valence-electron chi connectivity index (χ4n) is 10.9. The number of unbranched alkanes of at least 4 members (excludes halogenated alkanes) is 2. The van der Waals surface area contributed by atoms with Crippen LogP contribution in [-0.4, -0.2) is 127 Å². The van der Waals surface area contributed by atoms with Gasteiger partial charge in [-0.15, -0.1) is 0 Å². The van der Waals surface area contributed by atoms with Crippen LogP contribution in [0.4, 0.5) is 4.79 Å². The maximum atomic E-state index is 15.3. The van der Waals surface area contributed by atoms with Crippen molar-refractivity contribution in [2.45, 2.75) is 159 Å². The summed E-state index contributed by atoms with van der Waals surface area (Å²) >= 11 is 0. The van der Waals surface area contributed by atoms with Crippen molar-refractivity contribution in [3.63, 3.8) is 0 Å². The Bertz CT molecular complexity index is 2470. The number of carbonyl (C=O) groups excluding carboxylic acids is 6. The summed E-state index contributed by atoms with van der Waals surface area (Å²) in [6.45, 7) is 0.720. The molecule has 0 radical (unpaired) electrons. The second-order valence-corrected chi connectivity index (χ2v) is 18.7. The van der Waals surface area contributed by atoms with Crippen molar-refractivity contribution in [1.82, 2.24) is 4.90 Å². The van der Waals surface area contributed by atoms with Crippen molar-refractivity contribution >= 4 is 35.8 Å². The zero-order chi connectivity index (χ0) is 53.3. The van der Waals surface area contributed by atoms with Crippen LogP contribution in [0.5, 0.6) is 0 Å². The molecule has 0 aromatic heterocycles. The molecule has 2 saturated carbocycles. The number of aliphatic hydroxyl groups is 4. The summed E-state index contributed by atoms with van der Waals surface area (Å²) in [4.78, 5) is 86.1. The van der Waals surface area contributed by atoms with Crippen molar-refractivity contribution < 1.29 is 85.8 Å². The van der Waals surface area contributed by atoms with Gasteiger partial charge in [0.1, 0.15) is 36.1 Å². The third kappa shape index (κ3) is 7.89. The second-order valence-electron chi connectivity index (χ2n) is 18.7. The van der Waals surface area contributed by atoms with E-state index >= 15 is 9.59 Å². The van der Waals surface area contributed by atoms with Crippen LogP contribution in [0.3, 0.4) is 0 Å². The molecule has 12 atom stereocenters. The van der Waals surface area contributed by atoms with Crippen LogP contribution in [0.2, 0.25) is 0 Å². The highest BCUT2D eigenvalue weighted by Crippen LogP contribution is 2.64. The van der Waals surface area contributed by atoms with Crippen LogP contribution in [0.1, 0.15) is 124 Å². The molecule has 7 rings (SSSR count). The predicted molar refractivity (Wildman–Crippen MR) is 231 cm³/mol. The van der Waals surface area contributed by atoms with Crippen LogP contribution >= 0.6 is 0 Å². The molecule has 4 N–H and O–H groups in total. The van der Waals surface area contributed by atoms with E-state index < -0.39 is 145 Å². The number of benzene rings is 2. The summed E-state index contributed by atoms with van der Waals surface area (Å²) in [5, 5.41) is 50.1. The first-order valence-electron chi connectivity index (χ1n) is 25.0. The quantitative estimate of drug-likeness (QED) is 0.0941. The summed E-state index contributed by atoms with van der Waals surface area (Å²) < 4.78 is 84.6. The molecule has 5 aliphatic rings. The first kappa shape index (κ1) is 41.0. The molecule has 66 heavy (non-hydrogen) atoms. The number of aliphatic hydroxyl groups excluding tert-OH is 3. The van der Waals surface area contributed by atoms with E-state index in [0.717, 1.165) is 6.92 Å². The van der Waals surface area contributed by atoms with E-state index in [1.807, 2.05) is 6.92 Å². The Kier molecular flexibility index (Phi) is 11.1. The molecule has 2 saturated heterocycles. The lowest BCUT2D eigenvalue weighted by Crippen LogP contribution is -2.81. The maximum Gasteiger partial charge on any atom is 0.413 e. The summed E-state index contributed by atoms with van der Waals surface area (Å²) in [7, 11) is 0. The van der Waals surface area contributed by atoms with Gasteiger partial charge in [0.15, 0.2) is 23.2 Å². The van der Waals surface area contributed by atoms with Gasteiger partial charge in [-0.05, 0) is 62.8 Å². The number of fused-ring (bicyclic) bond motifs is 5. The summed E-state index contributed by atoms with van der Waals surface area (Å²) in [6, 6.07) is 12.5. The Labute approximate surface area is 391 Å². The van der Waals surface area contributed by atoms with Gasteiger partial charge in [0, 0.05) is 39.8 Å². The molecule has 1 amide bonds. The van der Waals surface area contributed by atoms with Crippen LogP contribution in [-0.2, 0) is 47.6 Å². The summed E-state index contributed by atoms with van der Waals surface area (Å²) in [5.74, 6) is -7.15. The molecule has 17 nitrogen and oxygen atoms in total. The molecule has 358 valence electrons. The van der Waals surface area contributed by atoms with Crippen molar-refractivity contribution in [2.75, 3.05) is 6.61 Å². The minimum absolute atomic E-state index is 0.0155. The maximum absolute atomic E-state index is 15.3. The van der Waals surface area contributed by atoms with Gasteiger partial charge < -0.3 is 48.8 Å². The molecule has 0 spiro atoms. The molecule has 2 unspecified atom stereocenters. The smallest absolute Gasteiger partial charge is 0.413 e. The number of nitrogens with zero attached hydrogens (tertiary/aromatic N) is 1. The summed E-state index contributed by atoms with van der Waals surface area (Å²) in [5.41, 5.74) is -12.4. The Hall–Kier alpha value is -5.20. The number of amides is 1. The Morgan fingerprint density at radius 1 is 0.955 bits per heavy atom. The van der Waals surface area contributed by atoms with Gasteiger partial charge in [-0.1, -0.05) is 82.1 Å². The minimum Gasteiger partial charge on any atom is -0.455 e. The monoisotopic (exact) mass is 925 g/mol. The van der Waals surface area contributed by atoms with E-state index in [0.29, 0.717) is 12.8 Å². The van der Waals surface area contributed by atoms with E-state index in [9.17, 15) is 39.6 Å². The Morgan fingerprint density at radius 3 is 2.18 bits per heavy atom. The topological polar surface area (TPSA) is 242 Å². The number of hydrogen-bond donors (Lipinski definition) is 4. The molecule has 17 heteroatoms. The summed E-state index contributed by atoms with van der Waals surface area (Å²) in [6.07, 6.45) is -15.5. The van der Waals surface area contributed by atoms with E-state index in [1.54, 1.807) is 18.2 Å². The fourth-order valence-corrected chi connectivity index (χ4v) is 10.9. The molecule has 2 heterocycles. The lowest BCUT2D eigenvalue weighted by Gasteiger charge is -2.67. The van der Waals surface area contributed by atoms with Gasteiger partial charge in [0.25, 0.3) is 0 Å². The standard InChI is InChI=1S/C49H61NO16/c1-9-10-13-22-33(53)63-37(35(28-18-14-11-15-19-28)50-43(58)46(6,7)66-44(50)59)42(57)62-30-24-49(60)40(64-41(56)29-20-16-12-17-21-29)38-47(8,39(55)36(54)34(26(30)2)45(49,4)5)31(52)23-32-48(38,25-61-32)65-27(3)51/h11-12,14-21,30-32,35-38,40,43,52,54,58,60H,9-10,13,22-25H2,1-8H3/t30-,31-,32+,35-,36+,37+,38-,40-,43?,47+,48-,49?/m0/s1/i6D3,7D3. The van der Waals surface area contributed by atoms with E-state index in [-0.39, 0.29) is 46.4 Å². The second kappa shape index (κ2) is 17.8. The van der Waals surface area contributed by atoms with Crippen molar-refractivity contribution in [2.24, 2.45) is 16.7 Å². The molecule has 2 bridgehead atoms. The SMILES string of the molecule is [2H]C([2H])([2H])C1(C([2H])([2H])[2H])OC(=O)N([C@@H](c2ccccc2)[C@@H](OC(=O)CCCCC)C(=O)O[C@H]2CC3(O)[C@@H](OC(=O)c4ccccc4)[C@@H]4[C@]5(OC(C)=O)CO[C@@H]5C[C@H](O)[C@@]4(C)C(=O)[C@H](O)C(=C2C)C3(C)C)C1O. The minimum atomic E-state index is -3.72. The van der Waals surface area contributed by atoms with E-state index in [1.165, 1.54) is 70.2 Å². The zero-order valence-corrected chi connectivity index (χ0v) is 37.6. The molecule has 4 fully saturated rings. The molecule has 2 aliphatic heterocycles. The number of rotatable bonds is 13. The molecular formula is C49H61NO16. The van der Waals surface area contributed by atoms with Crippen molar-refractivity contribution in [1.29, 1.82) is 0 Å². The van der Waals surface area contributed by atoms with Gasteiger partial charge in [0.2, 0.25) is 6.10 Å². The molecule has 3 aliphatic carbocycles. The molecule has 2 aromatic rings. The number of esters is 4. The van der Waals surface area contributed by atoms with Crippen LogP contribution in [0.25, 0.3) is 0 Å². The van der Waals surface area contributed by atoms with Crippen LogP contribution in [0.15, 0.2) is 71.8 Å². The average molecular weight is 926 g/mol. The average Bonchev–Trinajstić information content (AvgIpc) is 3.58. The van der Waals surface area contributed by atoms with Gasteiger partial charge in [-0.3, -0.25) is 19.3 Å². The lowest BCUT2D eigenvalue weighted by molar-refractivity contribution is -0.346. The highest BCUT2D eigenvalue weighted by atomic mass is 16.6. The normalized spacial score (nSPS) is 35.7. The zero-order valence-electron chi connectivity index (χ0n) is 43.6. The lowest BCUT2D eigenvalue weighted by atomic mass is 9.44. The van der Waals surface area contributed by atoms with Crippen LogP contribution in [0, 0.1) is 16.7 Å². The van der Waals surface area contributed by atoms with E-state index in [4.69, 9.17) is 36.6 Å². The number of ether oxygens (including phenoxy) is 6. The van der Waals surface area contributed by atoms with Gasteiger partial charge >= 0.3 is 30.0 Å². The van der Waals surface area contributed by atoms with E-state index in [2.05, 4.69) is 0 Å². The van der Waals surface area contributed by atoms with Gasteiger partial charge in [0.05, 0.1) is 29.6 Å². The highest BCUT2D eigenvalue weighted by Gasteiger charge is 2.78. The first-order valence-corrected chi connectivity index (χ1v) is 22.0. The van der Waals surface area contributed by atoms with Crippen molar-refractivity contribution in [3.8, 4) is 0 Å². The van der Waals surface area contributed by atoms with Crippen molar-refractivity contribution in [3.05, 3.63) is 82.9 Å². The first-order chi connectivity index (χ1) is 33.5. The predicted octanol–water partition coefficient (Wildman–Crippen LogP) is 4.42. The number of cyclic esters (lactones) is 1. The number of carbonyl (C=O) groups is 6. The Morgan fingerprint density at radius 2 is 1.61 bits per heavy atom. The third-order valence-electron chi connectivity index (χ3n) is 14.5. The van der Waals surface area contributed by atoms with Gasteiger partial charge in [-0.25, -0.2) is 14.4 Å².